The van der Waals surface area contributed by atoms with Crippen molar-refractivity contribution >= 4 is 5.84 Å². The highest BCUT2D eigenvalue weighted by Crippen LogP contribution is 2.21. The van der Waals surface area contributed by atoms with E-state index in [0.717, 1.165) is 11.3 Å². The fourth-order valence-electron chi connectivity index (χ4n) is 1.94. The minimum atomic E-state index is 0.0273. The van der Waals surface area contributed by atoms with Crippen molar-refractivity contribution in [1.29, 1.82) is 5.41 Å². The van der Waals surface area contributed by atoms with Gasteiger partial charge in [-0.05, 0) is 18.2 Å². The molecule has 0 saturated carbocycles. The number of nitrogens with zero attached hydrogens (tertiary/aromatic N) is 1. The maximum atomic E-state index is 9.12. The molecule has 4 N–H and O–H groups in total. The van der Waals surface area contributed by atoms with Gasteiger partial charge >= 0.3 is 0 Å². The van der Waals surface area contributed by atoms with Gasteiger partial charge in [0.25, 0.3) is 0 Å². The third-order valence-electron chi connectivity index (χ3n) is 3.01. The highest BCUT2D eigenvalue weighted by atomic mass is 16.5. The molecule has 112 valence electrons. The number of rotatable bonds is 9. The summed E-state index contributed by atoms with van der Waals surface area (Å²) in [5, 5.41) is 16.6. The van der Waals surface area contributed by atoms with Crippen LogP contribution in [-0.4, -0.2) is 56.4 Å². The highest BCUT2D eigenvalue weighted by Gasteiger charge is 2.11. The SMILES string of the molecule is COCCN(CCO)Cc1cc(C(=N)N)ccc1OC. The van der Waals surface area contributed by atoms with Gasteiger partial charge in [-0.2, -0.15) is 0 Å². The van der Waals surface area contributed by atoms with Crippen LogP contribution >= 0.6 is 0 Å². The molecule has 0 aliphatic carbocycles. The summed E-state index contributed by atoms with van der Waals surface area (Å²) < 4.78 is 10.4. The lowest BCUT2D eigenvalue weighted by molar-refractivity contribution is 0.126. The van der Waals surface area contributed by atoms with E-state index in [1.807, 2.05) is 6.07 Å². The van der Waals surface area contributed by atoms with E-state index < -0.39 is 0 Å². The Labute approximate surface area is 119 Å². The van der Waals surface area contributed by atoms with E-state index >= 15 is 0 Å². The van der Waals surface area contributed by atoms with Gasteiger partial charge in [0.2, 0.25) is 0 Å². The van der Waals surface area contributed by atoms with Crippen molar-refractivity contribution in [2.24, 2.45) is 5.73 Å². The molecule has 20 heavy (non-hydrogen) atoms. The minimum absolute atomic E-state index is 0.0273. The largest absolute Gasteiger partial charge is 0.496 e. The second-order valence-electron chi connectivity index (χ2n) is 4.43. The van der Waals surface area contributed by atoms with Crippen molar-refractivity contribution in [2.45, 2.75) is 6.54 Å². The number of ether oxygens (including phenoxy) is 2. The molecule has 0 aliphatic heterocycles. The number of benzene rings is 1. The van der Waals surface area contributed by atoms with Crippen LogP contribution in [0.3, 0.4) is 0 Å². The number of aliphatic hydroxyl groups is 1. The van der Waals surface area contributed by atoms with Crippen molar-refractivity contribution in [3.63, 3.8) is 0 Å². The minimum Gasteiger partial charge on any atom is -0.496 e. The van der Waals surface area contributed by atoms with E-state index in [9.17, 15) is 0 Å². The summed E-state index contributed by atoms with van der Waals surface area (Å²) in [7, 11) is 3.26. The number of methoxy groups -OCH3 is 2. The van der Waals surface area contributed by atoms with Crippen LogP contribution in [0.5, 0.6) is 5.75 Å². The molecule has 0 saturated heterocycles. The maximum Gasteiger partial charge on any atom is 0.123 e. The molecule has 6 nitrogen and oxygen atoms in total. The van der Waals surface area contributed by atoms with Gasteiger partial charge in [0, 0.05) is 37.9 Å². The van der Waals surface area contributed by atoms with Crippen molar-refractivity contribution in [3.8, 4) is 5.75 Å². The second-order valence-corrected chi connectivity index (χ2v) is 4.43. The Morgan fingerprint density at radius 3 is 2.65 bits per heavy atom. The summed E-state index contributed by atoms with van der Waals surface area (Å²) >= 11 is 0. The molecule has 6 heteroatoms. The molecule has 0 unspecified atom stereocenters. The van der Waals surface area contributed by atoms with E-state index in [2.05, 4.69) is 4.90 Å². The quantitative estimate of drug-likeness (QED) is 0.451. The Morgan fingerprint density at radius 2 is 2.10 bits per heavy atom. The molecule has 0 fully saturated rings. The van der Waals surface area contributed by atoms with Gasteiger partial charge in [0.15, 0.2) is 0 Å². The van der Waals surface area contributed by atoms with Crippen molar-refractivity contribution in [2.75, 3.05) is 40.5 Å². The lowest BCUT2D eigenvalue weighted by atomic mass is 10.1. The molecule has 1 aromatic rings. The van der Waals surface area contributed by atoms with Crippen LogP contribution in [-0.2, 0) is 11.3 Å². The summed E-state index contributed by atoms with van der Waals surface area (Å²) in [4.78, 5) is 2.06. The van der Waals surface area contributed by atoms with Crippen LogP contribution in [0.15, 0.2) is 18.2 Å². The van der Waals surface area contributed by atoms with Crippen molar-refractivity contribution in [1.82, 2.24) is 4.90 Å². The Bertz CT molecular complexity index is 438. The Balaban J connectivity index is 2.90. The number of nitrogen functional groups attached to an aromatic ring is 1. The molecule has 0 aliphatic rings. The number of hydrogen-bond acceptors (Lipinski definition) is 5. The molecule has 0 radical (unpaired) electrons. The van der Waals surface area contributed by atoms with Crippen LogP contribution in [0.2, 0.25) is 0 Å². The normalized spacial score (nSPS) is 10.8. The summed E-state index contributed by atoms with van der Waals surface area (Å²) in [5.74, 6) is 0.773. The summed E-state index contributed by atoms with van der Waals surface area (Å²) in [5.41, 5.74) is 7.11. The average Bonchev–Trinajstić information content (AvgIpc) is 2.44. The number of nitrogens with two attached hydrogens (primary N) is 1. The number of amidine groups is 1. The van der Waals surface area contributed by atoms with Crippen LogP contribution in [0, 0.1) is 5.41 Å². The Hall–Kier alpha value is -1.63. The number of nitrogens with one attached hydrogen (secondary N) is 1. The smallest absolute Gasteiger partial charge is 0.123 e. The average molecular weight is 281 g/mol. The van der Waals surface area contributed by atoms with Crippen LogP contribution in [0.25, 0.3) is 0 Å². The van der Waals surface area contributed by atoms with Gasteiger partial charge < -0.3 is 20.3 Å². The van der Waals surface area contributed by atoms with Crippen molar-refractivity contribution < 1.29 is 14.6 Å². The first kappa shape index (κ1) is 16.4. The number of aliphatic hydroxyl groups excluding tert-OH is 1. The molecule has 0 bridgehead atoms. The van der Waals surface area contributed by atoms with E-state index in [1.165, 1.54) is 0 Å². The van der Waals surface area contributed by atoms with E-state index in [-0.39, 0.29) is 12.4 Å². The molecule has 0 amide bonds. The first-order valence-corrected chi connectivity index (χ1v) is 6.45. The molecule has 1 rings (SSSR count). The second kappa shape index (κ2) is 8.52. The molecule has 0 aromatic heterocycles. The first-order valence-electron chi connectivity index (χ1n) is 6.45. The van der Waals surface area contributed by atoms with Gasteiger partial charge in [-0.1, -0.05) is 0 Å². The summed E-state index contributed by atoms with van der Waals surface area (Å²) in [6, 6.07) is 5.41. The van der Waals surface area contributed by atoms with Crippen LogP contribution < -0.4 is 10.5 Å². The van der Waals surface area contributed by atoms with Gasteiger partial charge in [0.05, 0.1) is 20.3 Å². The third-order valence-corrected chi connectivity index (χ3v) is 3.01. The fraction of sp³-hybridized carbons (Fsp3) is 0.500. The van der Waals surface area contributed by atoms with E-state index in [0.29, 0.717) is 31.8 Å². The molecular formula is C14H23N3O3. The van der Waals surface area contributed by atoms with E-state index in [1.54, 1.807) is 26.4 Å². The van der Waals surface area contributed by atoms with Gasteiger partial charge in [0.1, 0.15) is 11.6 Å². The third kappa shape index (κ3) is 4.80. The lowest BCUT2D eigenvalue weighted by Gasteiger charge is -2.22. The van der Waals surface area contributed by atoms with E-state index in [4.69, 9.17) is 25.7 Å². The maximum absolute atomic E-state index is 9.12. The monoisotopic (exact) mass is 281 g/mol. The summed E-state index contributed by atoms with van der Waals surface area (Å²) in [6.45, 7) is 2.54. The summed E-state index contributed by atoms with van der Waals surface area (Å²) in [6.07, 6.45) is 0. The Morgan fingerprint density at radius 1 is 1.35 bits per heavy atom. The highest BCUT2D eigenvalue weighted by molar-refractivity contribution is 5.95. The molecular weight excluding hydrogens is 258 g/mol. The molecule has 0 spiro atoms. The number of hydrogen-bond donors (Lipinski definition) is 3. The zero-order valence-electron chi connectivity index (χ0n) is 12.1. The molecule has 0 atom stereocenters. The predicted molar refractivity (Wildman–Crippen MR) is 78.2 cm³/mol. The first-order chi connectivity index (χ1) is 9.62. The van der Waals surface area contributed by atoms with Gasteiger partial charge in [-0.3, -0.25) is 10.3 Å². The zero-order valence-corrected chi connectivity index (χ0v) is 12.1. The predicted octanol–water partition coefficient (Wildman–Crippen LogP) is 0.420. The van der Waals surface area contributed by atoms with Gasteiger partial charge in [-0.15, -0.1) is 0 Å². The topological polar surface area (TPSA) is 91.8 Å². The fourth-order valence-corrected chi connectivity index (χ4v) is 1.94. The lowest BCUT2D eigenvalue weighted by Crippen LogP contribution is -2.30. The van der Waals surface area contributed by atoms with Crippen LogP contribution in [0.1, 0.15) is 11.1 Å². The van der Waals surface area contributed by atoms with Crippen LogP contribution in [0.4, 0.5) is 0 Å². The van der Waals surface area contributed by atoms with Gasteiger partial charge in [-0.25, -0.2) is 0 Å². The Kier molecular flexibility index (Phi) is 7.00. The molecule has 1 aromatic carbocycles. The molecule has 0 heterocycles. The standard InChI is InChI=1S/C14H23N3O3/c1-19-8-6-17(5-7-18)10-12-9-11(14(15)16)3-4-13(12)20-2/h3-4,9,18H,5-8,10H2,1-2H3,(H3,15,16). The zero-order chi connectivity index (χ0) is 15.0. The van der Waals surface area contributed by atoms with Crippen molar-refractivity contribution in [3.05, 3.63) is 29.3 Å².